The van der Waals surface area contributed by atoms with Crippen LogP contribution < -0.4 is 14.8 Å². The largest absolute Gasteiger partial charge is 0.497 e. The molecule has 3 aromatic carbocycles. The van der Waals surface area contributed by atoms with Crippen LogP contribution in [0.2, 0.25) is 0 Å². The van der Waals surface area contributed by atoms with Crippen LogP contribution in [-0.4, -0.2) is 19.2 Å². The summed E-state index contributed by atoms with van der Waals surface area (Å²) in [6.45, 7) is 0. The fraction of sp³-hybridized carbons (Fsp3) is 0.0870. The van der Waals surface area contributed by atoms with Crippen molar-refractivity contribution in [1.82, 2.24) is 4.98 Å². The van der Waals surface area contributed by atoms with Gasteiger partial charge in [-0.15, -0.1) is 0 Å². The van der Waals surface area contributed by atoms with Gasteiger partial charge in [-0.1, -0.05) is 53.8 Å². The molecule has 5 heteroatoms. The summed E-state index contributed by atoms with van der Waals surface area (Å²) in [7, 11) is 3.34. The Kier molecular flexibility index (Phi) is 5.26. The maximum Gasteiger partial charge on any atom is 0.188 e. The monoisotopic (exact) mass is 388 g/mol. The lowest BCUT2D eigenvalue weighted by atomic mass is 10.1. The van der Waals surface area contributed by atoms with E-state index in [1.54, 1.807) is 25.6 Å². The van der Waals surface area contributed by atoms with E-state index in [0.29, 0.717) is 0 Å². The molecular weight excluding hydrogens is 368 g/mol. The molecule has 140 valence electrons. The Morgan fingerprint density at radius 3 is 2.18 bits per heavy atom. The molecule has 4 rings (SSSR count). The van der Waals surface area contributed by atoms with Crippen molar-refractivity contribution in [1.29, 1.82) is 0 Å². The Hall–Kier alpha value is -3.31. The van der Waals surface area contributed by atoms with E-state index in [-0.39, 0.29) is 0 Å². The average molecular weight is 388 g/mol. The highest BCUT2D eigenvalue weighted by molar-refractivity contribution is 7.19. The standard InChI is InChI=1S/C23H20N2O2S/c1-26-18-14-12-16(13-15-18)21-22(17-8-4-3-5-9-17)28-23(25-21)24-19-10-6-7-11-20(19)27-2/h3-15H,1-2H3,(H,24,25). The van der Waals surface area contributed by atoms with Gasteiger partial charge in [0, 0.05) is 5.56 Å². The first-order valence-electron chi connectivity index (χ1n) is 8.89. The molecule has 0 bridgehead atoms. The Bertz CT molecular complexity index is 1060. The molecule has 0 aliphatic carbocycles. The molecule has 1 heterocycles. The van der Waals surface area contributed by atoms with Gasteiger partial charge in [-0.05, 0) is 42.0 Å². The van der Waals surface area contributed by atoms with Gasteiger partial charge in [0.1, 0.15) is 11.5 Å². The second-order valence-electron chi connectivity index (χ2n) is 6.12. The Morgan fingerprint density at radius 1 is 0.750 bits per heavy atom. The molecule has 28 heavy (non-hydrogen) atoms. The molecule has 0 aliphatic rings. The van der Waals surface area contributed by atoms with Crippen molar-refractivity contribution in [3.05, 3.63) is 78.9 Å². The van der Waals surface area contributed by atoms with Gasteiger partial charge < -0.3 is 14.8 Å². The van der Waals surface area contributed by atoms with Crippen molar-refractivity contribution in [3.63, 3.8) is 0 Å². The van der Waals surface area contributed by atoms with Crippen LogP contribution in [0.3, 0.4) is 0 Å². The van der Waals surface area contributed by atoms with Gasteiger partial charge in [-0.3, -0.25) is 0 Å². The average Bonchev–Trinajstić information content (AvgIpc) is 3.18. The zero-order chi connectivity index (χ0) is 19.3. The minimum Gasteiger partial charge on any atom is -0.497 e. The van der Waals surface area contributed by atoms with Crippen molar-refractivity contribution in [2.75, 3.05) is 19.5 Å². The van der Waals surface area contributed by atoms with Crippen molar-refractivity contribution < 1.29 is 9.47 Å². The molecule has 0 amide bonds. The van der Waals surface area contributed by atoms with Crippen LogP contribution in [-0.2, 0) is 0 Å². The van der Waals surface area contributed by atoms with Gasteiger partial charge in [0.15, 0.2) is 5.13 Å². The molecule has 1 aromatic heterocycles. The quantitative estimate of drug-likeness (QED) is 0.425. The van der Waals surface area contributed by atoms with E-state index in [4.69, 9.17) is 14.5 Å². The van der Waals surface area contributed by atoms with Crippen molar-refractivity contribution in [2.45, 2.75) is 0 Å². The van der Waals surface area contributed by atoms with E-state index in [2.05, 4.69) is 17.4 Å². The van der Waals surface area contributed by atoms with Crippen molar-refractivity contribution >= 4 is 22.2 Å². The van der Waals surface area contributed by atoms with Crippen LogP contribution in [0.4, 0.5) is 10.8 Å². The van der Waals surface area contributed by atoms with Gasteiger partial charge in [-0.2, -0.15) is 0 Å². The predicted molar refractivity (Wildman–Crippen MR) is 116 cm³/mol. The number of rotatable bonds is 6. The number of nitrogens with one attached hydrogen (secondary N) is 1. The van der Waals surface area contributed by atoms with Crippen LogP contribution in [0.25, 0.3) is 21.7 Å². The summed E-state index contributed by atoms with van der Waals surface area (Å²) >= 11 is 1.62. The van der Waals surface area contributed by atoms with Gasteiger partial charge in [0.2, 0.25) is 0 Å². The smallest absolute Gasteiger partial charge is 0.188 e. The maximum absolute atomic E-state index is 5.45. The number of methoxy groups -OCH3 is 2. The van der Waals surface area contributed by atoms with E-state index in [0.717, 1.165) is 44.0 Å². The molecule has 0 aliphatic heterocycles. The highest BCUT2D eigenvalue weighted by Gasteiger charge is 2.16. The predicted octanol–water partition coefficient (Wildman–Crippen LogP) is 6.24. The molecule has 0 spiro atoms. The molecule has 0 radical (unpaired) electrons. The first kappa shape index (κ1) is 18.1. The fourth-order valence-corrected chi connectivity index (χ4v) is 3.97. The van der Waals surface area contributed by atoms with Crippen LogP contribution in [0.5, 0.6) is 11.5 Å². The highest BCUT2D eigenvalue weighted by Crippen LogP contribution is 2.41. The minimum absolute atomic E-state index is 0.782. The van der Waals surface area contributed by atoms with Crippen LogP contribution >= 0.6 is 11.3 Å². The number of anilines is 2. The summed E-state index contributed by atoms with van der Waals surface area (Å²) < 4.78 is 10.7. The van der Waals surface area contributed by atoms with Crippen LogP contribution in [0, 0.1) is 0 Å². The number of nitrogens with zero attached hydrogens (tertiary/aromatic N) is 1. The number of ether oxygens (including phenoxy) is 2. The van der Waals surface area contributed by atoms with Gasteiger partial charge >= 0.3 is 0 Å². The minimum atomic E-state index is 0.782. The van der Waals surface area contributed by atoms with E-state index >= 15 is 0 Å². The van der Waals surface area contributed by atoms with Gasteiger partial charge in [0.25, 0.3) is 0 Å². The van der Waals surface area contributed by atoms with Crippen LogP contribution in [0.15, 0.2) is 78.9 Å². The lowest BCUT2D eigenvalue weighted by Gasteiger charge is -2.08. The zero-order valence-corrected chi connectivity index (χ0v) is 16.5. The number of para-hydroxylation sites is 2. The topological polar surface area (TPSA) is 43.4 Å². The molecule has 1 N–H and O–H groups in total. The summed E-state index contributed by atoms with van der Waals surface area (Å²) in [5, 5.41) is 4.22. The molecule has 4 nitrogen and oxygen atoms in total. The highest BCUT2D eigenvalue weighted by atomic mass is 32.1. The Morgan fingerprint density at radius 2 is 1.46 bits per heavy atom. The third-order valence-corrected chi connectivity index (χ3v) is 5.40. The SMILES string of the molecule is COc1ccc(-c2nc(Nc3ccccc3OC)sc2-c2ccccc2)cc1. The first-order chi connectivity index (χ1) is 13.8. The van der Waals surface area contributed by atoms with E-state index in [9.17, 15) is 0 Å². The summed E-state index contributed by atoms with van der Waals surface area (Å²) in [6, 6.07) is 26.1. The molecule has 4 aromatic rings. The third-order valence-electron chi connectivity index (χ3n) is 4.38. The Balaban J connectivity index is 1.77. The van der Waals surface area contributed by atoms with Crippen molar-refractivity contribution in [3.8, 4) is 33.2 Å². The van der Waals surface area contributed by atoms with Crippen molar-refractivity contribution in [2.24, 2.45) is 0 Å². The van der Waals surface area contributed by atoms with Gasteiger partial charge in [0.05, 0.1) is 30.5 Å². The first-order valence-corrected chi connectivity index (χ1v) is 9.71. The van der Waals surface area contributed by atoms with Gasteiger partial charge in [-0.25, -0.2) is 4.98 Å². The summed E-state index contributed by atoms with van der Waals surface area (Å²) in [4.78, 5) is 6.01. The molecule has 0 unspecified atom stereocenters. The lowest BCUT2D eigenvalue weighted by molar-refractivity contribution is 0.415. The summed E-state index contributed by atoms with van der Waals surface area (Å²) in [5.74, 6) is 1.61. The lowest BCUT2D eigenvalue weighted by Crippen LogP contribution is -1.93. The summed E-state index contributed by atoms with van der Waals surface area (Å²) in [6.07, 6.45) is 0. The fourth-order valence-electron chi connectivity index (χ4n) is 2.97. The zero-order valence-electron chi connectivity index (χ0n) is 15.7. The maximum atomic E-state index is 5.45. The summed E-state index contributed by atoms with van der Waals surface area (Å²) in [5.41, 5.74) is 4.01. The number of hydrogen-bond acceptors (Lipinski definition) is 5. The van der Waals surface area contributed by atoms with E-state index in [1.165, 1.54) is 0 Å². The van der Waals surface area contributed by atoms with E-state index < -0.39 is 0 Å². The molecule has 0 atom stereocenters. The molecule has 0 saturated carbocycles. The van der Waals surface area contributed by atoms with E-state index in [1.807, 2.05) is 66.7 Å². The number of hydrogen-bond donors (Lipinski definition) is 1. The molecular formula is C23H20N2O2S. The third kappa shape index (κ3) is 3.70. The molecule has 0 fully saturated rings. The number of aromatic nitrogens is 1. The normalized spacial score (nSPS) is 10.5. The number of benzene rings is 3. The second kappa shape index (κ2) is 8.15. The van der Waals surface area contributed by atoms with Crippen LogP contribution in [0.1, 0.15) is 0 Å². The second-order valence-corrected chi connectivity index (χ2v) is 7.12. The Labute approximate surface area is 168 Å². The number of thiazole rings is 1. The molecule has 0 saturated heterocycles.